The summed E-state index contributed by atoms with van der Waals surface area (Å²) < 4.78 is 0. The number of aryl methyl sites for hydroxylation is 1. The van der Waals surface area contributed by atoms with Crippen LogP contribution in [0.1, 0.15) is 17.5 Å². The molecule has 3 heteroatoms. The fourth-order valence-corrected chi connectivity index (χ4v) is 2.62. The highest BCUT2D eigenvalue weighted by atomic mass is 15.2. The highest BCUT2D eigenvalue weighted by molar-refractivity contribution is 5.51. The van der Waals surface area contributed by atoms with Gasteiger partial charge in [-0.25, -0.2) is 0 Å². The maximum atomic E-state index is 5.63. The summed E-state index contributed by atoms with van der Waals surface area (Å²) in [5, 5.41) is 0. The molecule has 18 heavy (non-hydrogen) atoms. The predicted molar refractivity (Wildman–Crippen MR) is 78.3 cm³/mol. The van der Waals surface area contributed by atoms with Gasteiger partial charge in [0.05, 0.1) is 0 Å². The molecule has 0 saturated carbocycles. The van der Waals surface area contributed by atoms with Crippen LogP contribution in [0.5, 0.6) is 0 Å². The Balaban J connectivity index is 2.10. The molecule has 1 saturated heterocycles. The predicted octanol–water partition coefficient (Wildman–Crippen LogP) is 1.64. The zero-order chi connectivity index (χ0) is 13.0. The van der Waals surface area contributed by atoms with E-state index in [9.17, 15) is 0 Å². The maximum Gasteiger partial charge on any atom is 0.0369 e. The van der Waals surface area contributed by atoms with Crippen LogP contribution < -0.4 is 10.6 Å². The molecule has 100 valence electrons. The van der Waals surface area contributed by atoms with Gasteiger partial charge in [-0.05, 0) is 63.2 Å². The lowest BCUT2D eigenvalue weighted by atomic mass is 10.0. The lowest BCUT2D eigenvalue weighted by Gasteiger charge is -2.23. The lowest BCUT2D eigenvalue weighted by Crippen LogP contribution is -2.28. The third kappa shape index (κ3) is 3.24. The Bertz CT molecular complexity index is 389. The summed E-state index contributed by atoms with van der Waals surface area (Å²) in [6, 6.07) is 6.81. The van der Waals surface area contributed by atoms with E-state index in [1.54, 1.807) is 0 Å². The number of benzene rings is 1. The fraction of sp³-hybridized carbons (Fsp3) is 0.600. The van der Waals surface area contributed by atoms with Gasteiger partial charge in [-0.3, -0.25) is 0 Å². The molecule has 0 spiro atoms. The van der Waals surface area contributed by atoms with Crippen molar-refractivity contribution < 1.29 is 0 Å². The molecule has 0 atom stereocenters. The number of rotatable bonds is 3. The van der Waals surface area contributed by atoms with Crippen LogP contribution in [-0.2, 0) is 6.42 Å². The Morgan fingerprint density at radius 2 is 2.00 bits per heavy atom. The van der Waals surface area contributed by atoms with Crippen molar-refractivity contribution in [2.24, 2.45) is 5.73 Å². The molecule has 0 aliphatic carbocycles. The van der Waals surface area contributed by atoms with Crippen molar-refractivity contribution in [2.75, 3.05) is 44.7 Å². The summed E-state index contributed by atoms with van der Waals surface area (Å²) >= 11 is 0. The first-order chi connectivity index (χ1) is 8.70. The number of anilines is 1. The molecule has 1 aromatic rings. The van der Waals surface area contributed by atoms with E-state index in [0.29, 0.717) is 0 Å². The minimum absolute atomic E-state index is 0.731. The molecule has 2 rings (SSSR count). The second-order valence-electron chi connectivity index (χ2n) is 5.29. The summed E-state index contributed by atoms with van der Waals surface area (Å²) in [5.74, 6) is 0. The normalized spacial score (nSPS) is 17.8. The number of hydrogen-bond acceptors (Lipinski definition) is 3. The first-order valence-corrected chi connectivity index (χ1v) is 6.94. The Hall–Kier alpha value is -1.06. The molecule has 0 unspecified atom stereocenters. The second kappa shape index (κ2) is 6.21. The first-order valence-electron chi connectivity index (χ1n) is 6.94. The standard InChI is InChI=1S/C15H25N3/c1-13-12-15(5-4-14(13)6-7-16)18-9-3-8-17(2)10-11-18/h4-5,12H,3,6-11,16H2,1-2H3. The summed E-state index contributed by atoms with van der Waals surface area (Å²) in [6.07, 6.45) is 2.23. The second-order valence-corrected chi connectivity index (χ2v) is 5.29. The van der Waals surface area contributed by atoms with E-state index in [1.807, 2.05) is 0 Å². The van der Waals surface area contributed by atoms with Crippen LogP contribution in [0, 0.1) is 6.92 Å². The molecule has 0 bridgehead atoms. The molecule has 0 aromatic heterocycles. The van der Waals surface area contributed by atoms with E-state index in [2.05, 4.69) is 42.0 Å². The van der Waals surface area contributed by atoms with Gasteiger partial charge >= 0.3 is 0 Å². The van der Waals surface area contributed by atoms with Crippen molar-refractivity contribution >= 4 is 5.69 Å². The highest BCUT2D eigenvalue weighted by Gasteiger charge is 2.13. The quantitative estimate of drug-likeness (QED) is 0.881. The SMILES string of the molecule is Cc1cc(N2CCCN(C)CC2)ccc1CCN. The van der Waals surface area contributed by atoms with E-state index in [1.165, 1.54) is 36.3 Å². The fourth-order valence-electron chi connectivity index (χ4n) is 2.62. The number of nitrogens with two attached hydrogens (primary N) is 1. The molecule has 2 N–H and O–H groups in total. The van der Waals surface area contributed by atoms with Gasteiger partial charge in [-0.1, -0.05) is 6.07 Å². The number of hydrogen-bond donors (Lipinski definition) is 1. The van der Waals surface area contributed by atoms with Gasteiger partial charge in [0, 0.05) is 25.3 Å². The summed E-state index contributed by atoms with van der Waals surface area (Å²) in [4.78, 5) is 4.92. The van der Waals surface area contributed by atoms with E-state index in [-0.39, 0.29) is 0 Å². The minimum atomic E-state index is 0.731. The van der Waals surface area contributed by atoms with Gasteiger partial charge in [0.1, 0.15) is 0 Å². The smallest absolute Gasteiger partial charge is 0.0369 e. The average Bonchev–Trinajstić information content (AvgIpc) is 2.57. The molecule has 0 amide bonds. The van der Waals surface area contributed by atoms with Gasteiger partial charge in [0.15, 0.2) is 0 Å². The molecule has 1 heterocycles. The van der Waals surface area contributed by atoms with Gasteiger partial charge in [-0.15, -0.1) is 0 Å². The summed E-state index contributed by atoms with van der Waals surface area (Å²) in [5.41, 5.74) is 9.75. The van der Waals surface area contributed by atoms with E-state index >= 15 is 0 Å². The van der Waals surface area contributed by atoms with Crippen molar-refractivity contribution in [2.45, 2.75) is 19.8 Å². The molecular formula is C15H25N3. The van der Waals surface area contributed by atoms with Gasteiger partial charge in [0.25, 0.3) is 0 Å². The highest BCUT2D eigenvalue weighted by Crippen LogP contribution is 2.20. The van der Waals surface area contributed by atoms with Gasteiger partial charge in [0.2, 0.25) is 0 Å². The Morgan fingerprint density at radius 3 is 2.72 bits per heavy atom. The van der Waals surface area contributed by atoms with Gasteiger partial charge in [-0.2, -0.15) is 0 Å². The molecule has 1 aromatic carbocycles. The zero-order valence-electron chi connectivity index (χ0n) is 11.7. The Kier molecular flexibility index (Phi) is 4.61. The van der Waals surface area contributed by atoms with Crippen molar-refractivity contribution in [1.82, 2.24) is 4.90 Å². The van der Waals surface area contributed by atoms with Crippen molar-refractivity contribution in [3.63, 3.8) is 0 Å². The van der Waals surface area contributed by atoms with Crippen molar-refractivity contribution in [3.8, 4) is 0 Å². The van der Waals surface area contributed by atoms with Gasteiger partial charge < -0.3 is 15.5 Å². The first kappa shape index (κ1) is 13.4. The summed E-state index contributed by atoms with van der Waals surface area (Å²) in [6.45, 7) is 7.59. The van der Waals surface area contributed by atoms with E-state index in [0.717, 1.165) is 26.1 Å². The molecule has 1 aliphatic heterocycles. The molecule has 1 fully saturated rings. The Morgan fingerprint density at radius 1 is 1.17 bits per heavy atom. The van der Waals surface area contributed by atoms with Crippen molar-refractivity contribution in [1.29, 1.82) is 0 Å². The van der Waals surface area contributed by atoms with Crippen molar-refractivity contribution in [3.05, 3.63) is 29.3 Å². The number of likely N-dealkylation sites (N-methyl/N-ethyl adjacent to an activating group) is 1. The largest absolute Gasteiger partial charge is 0.370 e. The average molecular weight is 247 g/mol. The zero-order valence-corrected chi connectivity index (χ0v) is 11.7. The third-order valence-corrected chi connectivity index (χ3v) is 3.82. The Labute approximate surface area is 111 Å². The summed E-state index contributed by atoms with van der Waals surface area (Å²) in [7, 11) is 2.21. The maximum absolute atomic E-state index is 5.63. The van der Waals surface area contributed by atoms with Crippen LogP contribution in [-0.4, -0.2) is 44.7 Å². The molecule has 3 nitrogen and oxygen atoms in total. The van der Waals surface area contributed by atoms with Crippen LogP contribution in [0.3, 0.4) is 0 Å². The van der Waals surface area contributed by atoms with Crippen LogP contribution in [0.4, 0.5) is 5.69 Å². The topological polar surface area (TPSA) is 32.5 Å². The lowest BCUT2D eigenvalue weighted by molar-refractivity contribution is 0.360. The molecular weight excluding hydrogens is 222 g/mol. The van der Waals surface area contributed by atoms with Crippen LogP contribution in [0.2, 0.25) is 0 Å². The van der Waals surface area contributed by atoms with Crippen LogP contribution in [0.25, 0.3) is 0 Å². The van der Waals surface area contributed by atoms with Crippen LogP contribution in [0.15, 0.2) is 18.2 Å². The third-order valence-electron chi connectivity index (χ3n) is 3.82. The monoisotopic (exact) mass is 247 g/mol. The van der Waals surface area contributed by atoms with Crippen LogP contribution >= 0.6 is 0 Å². The molecule has 1 aliphatic rings. The minimum Gasteiger partial charge on any atom is -0.370 e. The van der Waals surface area contributed by atoms with E-state index < -0.39 is 0 Å². The number of nitrogens with zero attached hydrogens (tertiary/aromatic N) is 2. The van der Waals surface area contributed by atoms with E-state index in [4.69, 9.17) is 5.73 Å². The molecule has 0 radical (unpaired) electrons.